The first kappa shape index (κ1) is 16.4. The van der Waals surface area contributed by atoms with Crippen LogP contribution in [0.4, 0.5) is 0 Å². The number of pyridine rings is 1. The van der Waals surface area contributed by atoms with Gasteiger partial charge in [-0.05, 0) is 37.8 Å². The predicted octanol–water partition coefficient (Wildman–Crippen LogP) is 1.94. The van der Waals surface area contributed by atoms with Crippen LogP contribution in [0.25, 0.3) is 11.5 Å². The summed E-state index contributed by atoms with van der Waals surface area (Å²) in [5.74, 6) is 1.10. The van der Waals surface area contributed by atoms with Gasteiger partial charge in [-0.1, -0.05) is 13.0 Å². The van der Waals surface area contributed by atoms with E-state index in [0.717, 1.165) is 25.9 Å². The molecule has 126 valence electrons. The van der Waals surface area contributed by atoms with E-state index < -0.39 is 0 Å². The largest absolute Gasteiger partial charge is 0.342 e. The Labute approximate surface area is 141 Å². The van der Waals surface area contributed by atoms with Gasteiger partial charge in [0, 0.05) is 30.5 Å². The number of nitrogens with one attached hydrogen (secondary N) is 1. The zero-order valence-corrected chi connectivity index (χ0v) is 14.1. The fourth-order valence-corrected chi connectivity index (χ4v) is 2.96. The van der Waals surface area contributed by atoms with E-state index in [-0.39, 0.29) is 17.9 Å². The number of amides is 1. The third kappa shape index (κ3) is 3.53. The van der Waals surface area contributed by atoms with Gasteiger partial charge in [-0.2, -0.15) is 0 Å². The van der Waals surface area contributed by atoms with E-state index >= 15 is 0 Å². The van der Waals surface area contributed by atoms with Crippen LogP contribution >= 0.6 is 0 Å². The van der Waals surface area contributed by atoms with Gasteiger partial charge in [0.25, 0.3) is 5.56 Å². The van der Waals surface area contributed by atoms with Crippen molar-refractivity contribution >= 4 is 5.91 Å². The van der Waals surface area contributed by atoms with Gasteiger partial charge in [0.1, 0.15) is 5.69 Å². The number of carbonyl (C=O) groups excluding carboxylic acids is 1. The summed E-state index contributed by atoms with van der Waals surface area (Å²) in [7, 11) is 0. The molecule has 0 bridgehead atoms. The van der Waals surface area contributed by atoms with Crippen LogP contribution in [0.1, 0.15) is 31.0 Å². The molecule has 6 nitrogen and oxygen atoms in total. The maximum absolute atomic E-state index is 12.5. The maximum atomic E-state index is 12.5. The first-order chi connectivity index (χ1) is 11.5. The summed E-state index contributed by atoms with van der Waals surface area (Å²) in [6, 6.07) is 5.44. The Morgan fingerprint density at radius 2 is 2.08 bits per heavy atom. The van der Waals surface area contributed by atoms with Crippen molar-refractivity contribution in [1.29, 1.82) is 0 Å². The predicted molar refractivity (Wildman–Crippen MR) is 91.5 cm³/mol. The highest BCUT2D eigenvalue weighted by Gasteiger charge is 2.22. The minimum absolute atomic E-state index is 0.00267. The van der Waals surface area contributed by atoms with Crippen molar-refractivity contribution in [3.63, 3.8) is 0 Å². The molecule has 0 atom stereocenters. The van der Waals surface area contributed by atoms with E-state index in [2.05, 4.69) is 21.9 Å². The molecule has 0 aromatic carbocycles. The SMILES string of the molecule is Cc1nc(-c2ccccn2)[nH]c(=O)c1CC(=O)N1CCC(C)CC1. The summed E-state index contributed by atoms with van der Waals surface area (Å²) in [6.45, 7) is 5.52. The van der Waals surface area contributed by atoms with Crippen LogP contribution in [0, 0.1) is 12.8 Å². The van der Waals surface area contributed by atoms with Crippen LogP contribution in [-0.2, 0) is 11.2 Å². The van der Waals surface area contributed by atoms with Gasteiger partial charge in [-0.3, -0.25) is 14.6 Å². The molecule has 2 aromatic rings. The van der Waals surface area contributed by atoms with Gasteiger partial charge in [0.05, 0.1) is 6.42 Å². The van der Waals surface area contributed by atoms with Crippen molar-refractivity contribution < 1.29 is 4.79 Å². The first-order valence-electron chi connectivity index (χ1n) is 8.33. The lowest BCUT2D eigenvalue weighted by Gasteiger charge is -2.30. The van der Waals surface area contributed by atoms with E-state index in [9.17, 15) is 9.59 Å². The molecule has 6 heteroatoms. The Hall–Kier alpha value is -2.50. The first-order valence-corrected chi connectivity index (χ1v) is 8.33. The maximum Gasteiger partial charge on any atom is 0.255 e. The number of nitrogens with zero attached hydrogens (tertiary/aromatic N) is 3. The molecule has 1 aliphatic heterocycles. The fraction of sp³-hybridized carbons (Fsp3) is 0.444. The number of piperidine rings is 1. The summed E-state index contributed by atoms with van der Waals surface area (Å²) in [5, 5.41) is 0. The minimum atomic E-state index is -0.262. The Bertz CT molecular complexity index is 777. The summed E-state index contributed by atoms with van der Waals surface area (Å²) < 4.78 is 0. The second-order valence-electron chi connectivity index (χ2n) is 6.43. The molecule has 0 unspecified atom stereocenters. The molecule has 24 heavy (non-hydrogen) atoms. The zero-order valence-electron chi connectivity index (χ0n) is 14.1. The lowest BCUT2D eigenvalue weighted by molar-refractivity contribution is -0.131. The molecular formula is C18H22N4O2. The van der Waals surface area contributed by atoms with Gasteiger partial charge < -0.3 is 9.88 Å². The van der Waals surface area contributed by atoms with Gasteiger partial charge in [0.15, 0.2) is 5.82 Å². The highest BCUT2D eigenvalue weighted by atomic mass is 16.2. The average Bonchev–Trinajstić information content (AvgIpc) is 2.59. The Morgan fingerprint density at radius 3 is 2.71 bits per heavy atom. The summed E-state index contributed by atoms with van der Waals surface area (Å²) in [5.41, 5.74) is 1.37. The Kier molecular flexibility index (Phi) is 4.74. The number of aromatic amines is 1. The number of carbonyl (C=O) groups is 1. The van der Waals surface area contributed by atoms with Crippen molar-refractivity contribution in [2.75, 3.05) is 13.1 Å². The van der Waals surface area contributed by atoms with E-state index in [1.807, 2.05) is 11.0 Å². The minimum Gasteiger partial charge on any atom is -0.342 e. The van der Waals surface area contributed by atoms with Crippen molar-refractivity contribution in [2.24, 2.45) is 5.92 Å². The van der Waals surface area contributed by atoms with Crippen molar-refractivity contribution in [2.45, 2.75) is 33.1 Å². The van der Waals surface area contributed by atoms with E-state index in [1.54, 1.807) is 25.3 Å². The van der Waals surface area contributed by atoms with Crippen molar-refractivity contribution in [3.8, 4) is 11.5 Å². The summed E-state index contributed by atoms with van der Waals surface area (Å²) >= 11 is 0. The van der Waals surface area contributed by atoms with Gasteiger partial charge >= 0.3 is 0 Å². The van der Waals surface area contributed by atoms with Crippen LogP contribution in [0.5, 0.6) is 0 Å². The van der Waals surface area contributed by atoms with Crippen molar-refractivity contribution in [1.82, 2.24) is 19.9 Å². The number of rotatable bonds is 3. The number of aromatic nitrogens is 3. The number of hydrogen-bond acceptors (Lipinski definition) is 4. The lowest BCUT2D eigenvalue weighted by atomic mass is 9.98. The van der Waals surface area contributed by atoms with Crippen LogP contribution in [-0.4, -0.2) is 38.8 Å². The second-order valence-corrected chi connectivity index (χ2v) is 6.43. The number of likely N-dealkylation sites (tertiary alicyclic amines) is 1. The second kappa shape index (κ2) is 6.95. The highest BCUT2D eigenvalue weighted by molar-refractivity contribution is 5.79. The molecule has 1 saturated heterocycles. The molecule has 1 fully saturated rings. The molecule has 1 aliphatic rings. The molecular weight excluding hydrogens is 304 g/mol. The van der Waals surface area contributed by atoms with Gasteiger partial charge in [-0.25, -0.2) is 4.98 Å². The lowest BCUT2D eigenvalue weighted by Crippen LogP contribution is -2.39. The van der Waals surface area contributed by atoms with E-state index in [1.165, 1.54) is 0 Å². The number of hydrogen-bond donors (Lipinski definition) is 1. The molecule has 2 aromatic heterocycles. The monoisotopic (exact) mass is 326 g/mol. The van der Waals surface area contributed by atoms with Crippen molar-refractivity contribution in [3.05, 3.63) is 46.0 Å². The summed E-state index contributed by atoms with van der Waals surface area (Å²) in [4.78, 5) is 38.1. The Morgan fingerprint density at radius 1 is 1.33 bits per heavy atom. The zero-order chi connectivity index (χ0) is 17.1. The smallest absolute Gasteiger partial charge is 0.255 e. The molecule has 0 spiro atoms. The average molecular weight is 326 g/mol. The van der Waals surface area contributed by atoms with Crippen LogP contribution in [0.15, 0.2) is 29.2 Å². The van der Waals surface area contributed by atoms with Gasteiger partial charge in [0.2, 0.25) is 5.91 Å². The molecule has 0 aliphatic carbocycles. The van der Waals surface area contributed by atoms with Crippen LogP contribution < -0.4 is 5.56 Å². The molecule has 3 heterocycles. The Balaban J connectivity index is 1.79. The van der Waals surface area contributed by atoms with E-state index in [4.69, 9.17) is 0 Å². The topological polar surface area (TPSA) is 79.0 Å². The molecule has 1 amide bonds. The quantitative estimate of drug-likeness (QED) is 0.935. The molecule has 0 radical (unpaired) electrons. The third-order valence-corrected chi connectivity index (χ3v) is 4.59. The third-order valence-electron chi connectivity index (χ3n) is 4.59. The molecule has 0 saturated carbocycles. The summed E-state index contributed by atoms with van der Waals surface area (Å²) in [6.07, 6.45) is 3.81. The standard InChI is InChI=1S/C18H22N4O2/c1-12-6-9-22(10-7-12)16(23)11-14-13(2)20-17(21-18(14)24)15-5-3-4-8-19-15/h3-5,8,12H,6-7,9-11H2,1-2H3,(H,20,21,24). The van der Waals surface area contributed by atoms with Crippen LogP contribution in [0.2, 0.25) is 0 Å². The van der Waals surface area contributed by atoms with E-state index in [0.29, 0.717) is 28.7 Å². The number of aryl methyl sites for hydroxylation is 1. The van der Waals surface area contributed by atoms with Gasteiger partial charge in [-0.15, -0.1) is 0 Å². The van der Waals surface area contributed by atoms with Crippen LogP contribution in [0.3, 0.4) is 0 Å². The fourth-order valence-electron chi connectivity index (χ4n) is 2.96. The number of H-pyrrole nitrogens is 1. The molecule has 1 N–H and O–H groups in total. The normalized spacial score (nSPS) is 15.5. The molecule has 3 rings (SSSR count). The highest BCUT2D eigenvalue weighted by Crippen LogP contribution is 2.17.